The number of aromatic amines is 1. The quantitative estimate of drug-likeness (QED) is 0.800. The van der Waals surface area contributed by atoms with E-state index in [0.29, 0.717) is 13.2 Å². The van der Waals surface area contributed by atoms with E-state index in [1.165, 1.54) is 5.56 Å². The average molecular weight is 305 g/mol. The van der Waals surface area contributed by atoms with Gasteiger partial charge in [0, 0.05) is 22.6 Å². The number of aromatic nitrogens is 1. The standard InChI is InChI=1S/C20H19NO2/c22-20-17-9-5-4-8-16(17)18-13-23-12-15(19(18)21-20)11-10-14-6-2-1-3-7-14/h1-9,15H,10-13H2,(H,21,22). The molecular formula is C20H19NO2. The van der Waals surface area contributed by atoms with E-state index >= 15 is 0 Å². The van der Waals surface area contributed by atoms with E-state index in [1.54, 1.807) is 0 Å². The Morgan fingerprint density at radius 2 is 1.74 bits per heavy atom. The molecule has 1 aliphatic rings. The van der Waals surface area contributed by atoms with E-state index in [1.807, 2.05) is 30.3 Å². The molecule has 116 valence electrons. The Bertz CT molecular complexity index is 883. The number of rotatable bonds is 3. The molecule has 2 aromatic carbocycles. The molecule has 0 saturated carbocycles. The number of aryl methyl sites for hydroxylation is 1. The Balaban J connectivity index is 1.69. The molecule has 0 radical (unpaired) electrons. The zero-order chi connectivity index (χ0) is 15.6. The molecule has 0 amide bonds. The first kappa shape index (κ1) is 14.2. The molecule has 1 N–H and O–H groups in total. The Labute approximate surface area is 134 Å². The number of ether oxygens (including phenoxy) is 1. The van der Waals surface area contributed by atoms with E-state index in [0.717, 1.165) is 34.9 Å². The molecule has 0 bridgehead atoms. The molecule has 1 atom stereocenters. The number of fused-ring (bicyclic) bond motifs is 3. The van der Waals surface area contributed by atoms with Gasteiger partial charge in [-0.1, -0.05) is 48.5 Å². The van der Waals surface area contributed by atoms with E-state index in [4.69, 9.17) is 4.74 Å². The van der Waals surface area contributed by atoms with Crippen molar-refractivity contribution in [1.82, 2.24) is 4.98 Å². The lowest BCUT2D eigenvalue weighted by Gasteiger charge is -2.26. The van der Waals surface area contributed by atoms with Crippen molar-refractivity contribution in [3.63, 3.8) is 0 Å². The van der Waals surface area contributed by atoms with E-state index in [2.05, 4.69) is 29.2 Å². The van der Waals surface area contributed by atoms with Gasteiger partial charge in [0.2, 0.25) is 0 Å². The summed E-state index contributed by atoms with van der Waals surface area (Å²) >= 11 is 0. The van der Waals surface area contributed by atoms with Gasteiger partial charge in [-0.15, -0.1) is 0 Å². The van der Waals surface area contributed by atoms with Crippen molar-refractivity contribution in [2.24, 2.45) is 0 Å². The first-order chi connectivity index (χ1) is 11.3. The van der Waals surface area contributed by atoms with Crippen LogP contribution in [-0.2, 0) is 17.8 Å². The van der Waals surface area contributed by atoms with Crippen LogP contribution < -0.4 is 5.56 Å². The third-order valence-electron chi connectivity index (χ3n) is 4.67. The van der Waals surface area contributed by atoms with Crippen LogP contribution in [0.15, 0.2) is 59.4 Å². The zero-order valence-electron chi connectivity index (χ0n) is 12.9. The Hall–Kier alpha value is -2.39. The van der Waals surface area contributed by atoms with Gasteiger partial charge in [-0.25, -0.2) is 0 Å². The summed E-state index contributed by atoms with van der Waals surface area (Å²) in [6, 6.07) is 18.2. The first-order valence-electron chi connectivity index (χ1n) is 8.08. The van der Waals surface area contributed by atoms with Crippen molar-refractivity contribution >= 4 is 10.8 Å². The normalized spacial score (nSPS) is 17.1. The van der Waals surface area contributed by atoms with Gasteiger partial charge >= 0.3 is 0 Å². The van der Waals surface area contributed by atoms with Crippen LogP contribution in [0, 0.1) is 0 Å². The molecule has 23 heavy (non-hydrogen) atoms. The minimum atomic E-state index is 0.00552. The van der Waals surface area contributed by atoms with E-state index in [-0.39, 0.29) is 11.5 Å². The molecular weight excluding hydrogens is 286 g/mol. The highest BCUT2D eigenvalue weighted by Gasteiger charge is 2.24. The maximum absolute atomic E-state index is 12.4. The summed E-state index contributed by atoms with van der Waals surface area (Å²) in [6.07, 6.45) is 1.97. The Morgan fingerprint density at radius 1 is 1.00 bits per heavy atom. The molecule has 0 aliphatic carbocycles. The molecule has 0 spiro atoms. The average Bonchev–Trinajstić information content (AvgIpc) is 2.61. The van der Waals surface area contributed by atoms with Gasteiger partial charge in [-0.3, -0.25) is 4.79 Å². The largest absolute Gasteiger partial charge is 0.376 e. The van der Waals surface area contributed by atoms with Crippen molar-refractivity contribution in [2.45, 2.75) is 25.4 Å². The fourth-order valence-electron chi connectivity index (χ4n) is 3.46. The van der Waals surface area contributed by atoms with Gasteiger partial charge in [0.25, 0.3) is 5.56 Å². The van der Waals surface area contributed by atoms with Crippen LogP contribution in [0.5, 0.6) is 0 Å². The Kier molecular flexibility index (Phi) is 3.72. The van der Waals surface area contributed by atoms with Gasteiger partial charge < -0.3 is 9.72 Å². The third kappa shape index (κ3) is 2.68. The molecule has 3 aromatic rings. The summed E-state index contributed by atoms with van der Waals surface area (Å²) < 4.78 is 5.82. The number of benzene rings is 2. The van der Waals surface area contributed by atoms with Crippen molar-refractivity contribution in [2.75, 3.05) is 6.61 Å². The fourth-order valence-corrected chi connectivity index (χ4v) is 3.46. The molecule has 1 aromatic heterocycles. The van der Waals surface area contributed by atoms with Crippen LogP contribution in [0.3, 0.4) is 0 Å². The molecule has 2 heterocycles. The van der Waals surface area contributed by atoms with E-state index in [9.17, 15) is 4.79 Å². The molecule has 0 fully saturated rings. The van der Waals surface area contributed by atoms with Crippen LogP contribution in [0.4, 0.5) is 0 Å². The lowest BCUT2D eigenvalue weighted by atomic mass is 9.90. The van der Waals surface area contributed by atoms with Crippen LogP contribution >= 0.6 is 0 Å². The number of H-pyrrole nitrogens is 1. The number of pyridine rings is 1. The van der Waals surface area contributed by atoms with Crippen molar-refractivity contribution in [1.29, 1.82) is 0 Å². The molecule has 3 heteroatoms. The zero-order valence-corrected chi connectivity index (χ0v) is 12.9. The van der Waals surface area contributed by atoms with Gasteiger partial charge in [0.1, 0.15) is 0 Å². The van der Waals surface area contributed by atoms with Crippen LogP contribution in [0.2, 0.25) is 0 Å². The van der Waals surface area contributed by atoms with E-state index < -0.39 is 0 Å². The number of nitrogens with one attached hydrogen (secondary N) is 1. The summed E-state index contributed by atoms with van der Waals surface area (Å²) in [5.74, 6) is 0.247. The second-order valence-electron chi connectivity index (χ2n) is 6.13. The monoisotopic (exact) mass is 305 g/mol. The molecule has 0 saturated heterocycles. The van der Waals surface area contributed by atoms with Crippen LogP contribution in [0.1, 0.15) is 29.2 Å². The third-order valence-corrected chi connectivity index (χ3v) is 4.67. The van der Waals surface area contributed by atoms with Gasteiger partial charge in [0.15, 0.2) is 0 Å². The maximum atomic E-state index is 12.4. The highest BCUT2D eigenvalue weighted by atomic mass is 16.5. The van der Waals surface area contributed by atoms with Crippen molar-refractivity contribution < 1.29 is 4.74 Å². The summed E-state index contributed by atoms with van der Waals surface area (Å²) in [5, 5.41) is 1.77. The summed E-state index contributed by atoms with van der Waals surface area (Å²) in [5.41, 5.74) is 3.54. The minimum Gasteiger partial charge on any atom is -0.376 e. The van der Waals surface area contributed by atoms with Crippen molar-refractivity contribution in [3.05, 3.63) is 81.8 Å². The lowest BCUT2D eigenvalue weighted by molar-refractivity contribution is 0.0879. The fraction of sp³-hybridized carbons (Fsp3) is 0.250. The smallest absolute Gasteiger partial charge is 0.256 e. The predicted octanol–water partition coefficient (Wildman–Crippen LogP) is 3.77. The van der Waals surface area contributed by atoms with Gasteiger partial charge in [-0.2, -0.15) is 0 Å². The highest BCUT2D eigenvalue weighted by Crippen LogP contribution is 2.31. The lowest BCUT2D eigenvalue weighted by Crippen LogP contribution is -2.23. The molecule has 1 unspecified atom stereocenters. The molecule has 3 nitrogen and oxygen atoms in total. The second-order valence-corrected chi connectivity index (χ2v) is 6.13. The molecule has 1 aliphatic heterocycles. The first-order valence-corrected chi connectivity index (χ1v) is 8.08. The van der Waals surface area contributed by atoms with Crippen LogP contribution in [0.25, 0.3) is 10.8 Å². The number of hydrogen-bond donors (Lipinski definition) is 1. The summed E-state index contributed by atoms with van der Waals surface area (Å²) in [7, 11) is 0. The second kappa shape index (κ2) is 6.01. The SMILES string of the molecule is O=c1[nH]c2c(c3ccccc13)COCC2CCc1ccccc1. The molecule has 4 rings (SSSR count). The number of hydrogen-bond acceptors (Lipinski definition) is 2. The maximum Gasteiger partial charge on any atom is 0.256 e. The highest BCUT2D eigenvalue weighted by molar-refractivity contribution is 5.85. The predicted molar refractivity (Wildman–Crippen MR) is 91.7 cm³/mol. The topological polar surface area (TPSA) is 42.1 Å². The van der Waals surface area contributed by atoms with Gasteiger partial charge in [-0.05, 0) is 29.9 Å². The van der Waals surface area contributed by atoms with Crippen molar-refractivity contribution in [3.8, 4) is 0 Å². The Morgan fingerprint density at radius 3 is 2.57 bits per heavy atom. The summed E-state index contributed by atoms with van der Waals surface area (Å²) in [6.45, 7) is 1.25. The van der Waals surface area contributed by atoms with Crippen LogP contribution in [-0.4, -0.2) is 11.6 Å². The summed E-state index contributed by atoms with van der Waals surface area (Å²) in [4.78, 5) is 15.5. The van der Waals surface area contributed by atoms with Gasteiger partial charge in [0.05, 0.1) is 13.2 Å². The minimum absolute atomic E-state index is 0.00552.